The molecule has 3 nitrogen and oxygen atoms in total. The third kappa shape index (κ3) is 1.79. The van der Waals surface area contributed by atoms with Gasteiger partial charge in [0, 0.05) is 24.8 Å². The molecule has 1 aliphatic rings. The van der Waals surface area contributed by atoms with Crippen molar-refractivity contribution in [3.63, 3.8) is 0 Å². The molecule has 2 N–H and O–H groups in total. The lowest BCUT2D eigenvalue weighted by Crippen LogP contribution is -2.39. The lowest BCUT2D eigenvalue weighted by molar-refractivity contribution is 0.216. The molecule has 76 valence electrons. The van der Waals surface area contributed by atoms with Crippen LogP contribution in [0, 0.1) is 0 Å². The number of hydrogen-bond donors (Lipinski definition) is 1. The first-order valence-corrected chi connectivity index (χ1v) is 5.08. The van der Waals surface area contributed by atoms with Gasteiger partial charge in [-0.2, -0.15) is 0 Å². The van der Waals surface area contributed by atoms with E-state index in [1.165, 1.54) is 12.8 Å². The fraction of sp³-hybridized carbons (Fsp3) is 0.545. The van der Waals surface area contributed by atoms with Gasteiger partial charge in [-0.3, -0.25) is 9.88 Å². The Bertz CT molecular complexity index is 293. The Kier molecular flexibility index (Phi) is 2.52. The predicted molar refractivity (Wildman–Crippen MR) is 56.7 cm³/mol. The second-order valence-electron chi connectivity index (χ2n) is 4.11. The van der Waals surface area contributed by atoms with Gasteiger partial charge >= 0.3 is 0 Å². The van der Waals surface area contributed by atoms with Gasteiger partial charge in [-0.05, 0) is 32.0 Å². The zero-order valence-electron chi connectivity index (χ0n) is 8.61. The minimum atomic E-state index is 0.275. The topological polar surface area (TPSA) is 42.2 Å². The molecule has 1 aliphatic carbocycles. The molecular weight excluding hydrogens is 174 g/mol. The lowest BCUT2D eigenvalue weighted by Gasteiger charge is -2.26. The number of rotatable bonds is 4. The molecule has 0 bridgehead atoms. The molecule has 1 saturated carbocycles. The van der Waals surface area contributed by atoms with E-state index in [9.17, 15) is 0 Å². The average Bonchev–Trinajstić information content (AvgIpc) is 3.00. The molecule has 0 aromatic carbocycles. The molecule has 2 rings (SSSR count). The summed E-state index contributed by atoms with van der Waals surface area (Å²) in [5.74, 6) is 0. The van der Waals surface area contributed by atoms with E-state index in [1.54, 1.807) is 0 Å². The highest BCUT2D eigenvalue weighted by atomic mass is 15.2. The molecule has 0 atom stereocenters. The second-order valence-corrected chi connectivity index (χ2v) is 4.11. The third-order valence-corrected chi connectivity index (χ3v) is 3.14. The van der Waals surface area contributed by atoms with Crippen molar-refractivity contribution in [1.82, 2.24) is 9.88 Å². The summed E-state index contributed by atoms with van der Waals surface area (Å²) in [5, 5.41) is 0. The van der Waals surface area contributed by atoms with Crippen molar-refractivity contribution in [1.29, 1.82) is 0 Å². The Morgan fingerprint density at radius 2 is 2.29 bits per heavy atom. The zero-order valence-corrected chi connectivity index (χ0v) is 8.61. The van der Waals surface area contributed by atoms with Gasteiger partial charge in [-0.15, -0.1) is 0 Å². The molecule has 0 amide bonds. The first-order chi connectivity index (χ1) is 6.77. The summed E-state index contributed by atoms with van der Waals surface area (Å²) in [6, 6.07) is 6.03. The number of nitrogens with zero attached hydrogens (tertiary/aromatic N) is 2. The number of hydrogen-bond acceptors (Lipinski definition) is 3. The largest absolute Gasteiger partial charge is 0.329 e. The van der Waals surface area contributed by atoms with Gasteiger partial charge in [0.15, 0.2) is 0 Å². The van der Waals surface area contributed by atoms with Crippen molar-refractivity contribution < 1.29 is 0 Å². The maximum absolute atomic E-state index is 5.76. The molecule has 0 aliphatic heterocycles. The van der Waals surface area contributed by atoms with Crippen LogP contribution in [0.5, 0.6) is 0 Å². The van der Waals surface area contributed by atoms with E-state index in [0.29, 0.717) is 0 Å². The normalized spacial score (nSPS) is 18.5. The molecule has 0 spiro atoms. The summed E-state index contributed by atoms with van der Waals surface area (Å²) in [6.07, 6.45) is 4.30. The molecule has 1 aromatic rings. The standard InChI is InChI=1S/C11H17N3/c1-14(11(9-12)5-6-11)8-10-4-2-3-7-13-10/h2-4,7H,5-6,8-9,12H2,1H3. The highest BCUT2D eigenvalue weighted by Gasteiger charge is 2.44. The molecule has 1 fully saturated rings. The summed E-state index contributed by atoms with van der Waals surface area (Å²) in [4.78, 5) is 6.64. The molecule has 14 heavy (non-hydrogen) atoms. The van der Waals surface area contributed by atoms with Crippen molar-refractivity contribution in [3.05, 3.63) is 30.1 Å². The van der Waals surface area contributed by atoms with E-state index in [1.807, 2.05) is 18.3 Å². The summed E-state index contributed by atoms with van der Waals surface area (Å²) < 4.78 is 0. The maximum Gasteiger partial charge on any atom is 0.0544 e. The Morgan fingerprint density at radius 3 is 2.79 bits per heavy atom. The zero-order chi connectivity index (χ0) is 10.0. The minimum Gasteiger partial charge on any atom is -0.329 e. The van der Waals surface area contributed by atoms with E-state index in [2.05, 4.69) is 23.0 Å². The van der Waals surface area contributed by atoms with Gasteiger partial charge in [0.05, 0.1) is 5.69 Å². The number of aromatic nitrogens is 1. The van der Waals surface area contributed by atoms with Crippen molar-refractivity contribution in [3.8, 4) is 0 Å². The summed E-state index contributed by atoms with van der Waals surface area (Å²) in [5.41, 5.74) is 7.16. The number of pyridine rings is 1. The first-order valence-electron chi connectivity index (χ1n) is 5.08. The van der Waals surface area contributed by atoms with E-state index in [4.69, 9.17) is 5.73 Å². The van der Waals surface area contributed by atoms with Gasteiger partial charge in [-0.25, -0.2) is 0 Å². The highest BCUT2D eigenvalue weighted by molar-refractivity contribution is 5.08. The van der Waals surface area contributed by atoms with Crippen LogP contribution in [0.4, 0.5) is 0 Å². The van der Waals surface area contributed by atoms with Gasteiger partial charge in [0.25, 0.3) is 0 Å². The maximum atomic E-state index is 5.76. The number of nitrogens with two attached hydrogens (primary N) is 1. The van der Waals surface area contributed by atoms with Gasteiger partial charge in [0.1, 0.15) is 0 Å². The van der Waals surface area contributed by atoms with Crippen LogP contribution < -0.4 is 5.73 Å². The lowest BCUT2D eigenvalue weighted by atomic mass is 10.2. The Balaban J connectivity index is 1.98. The van der Waals surface area contributed by atoms with E-state index in [-0.39, 0.29) is 5.54 Å². The van der Waals surface area contributed by atoms with E-state index >= 15 is 0 Å². The molecule has 3 heteroatoms. The molecule has 1 heterocycles. The van der Waals surface area contributed by atoms with Crippen molar-refractivity contribution in [2.45, 2.75) is 24.9 Å². The van der Waals surface area contributed by atoms with Crippen LogP contribution in [-0.2, 0) is 6.54 Å². The molecule has 1 aromatic heterocycles. The highest BCUT2D eigenvalue weighted by Crippen LogP contribution is 2.40. The summed E-state index contributed by atoms with van der Waals surface area (Å²) in [6.45, 7) is 1.66. The fourth-order valence-electron chi connectivity index (χ4n) is 1.79. The van der Waals surface area contributed by atoms with Crippen LogP contribution in [0.15, 0.2) is 24.4 Å². The Labute approximate surface area is 84.9 Å². The Morgan fingerprint density at radius 1 is 1.50 bits per heavy atom. The quantitative estimate of drug-likeness (QED) is 0.772. The van der Waals surface area contributed by atoms with Crippen LogP contribution in [0.1, 0.15) is 18.5 Å². The molecule has 0 radical (unpaired) electrons. The summed E-state index contributed by atoms with van der Waals surface area (Å²) >= 11 is 0. The fourth-order valence-corrected chi connectivity index (χ4v) is 1.79. The van der Waals surface area contributed by atoms with Crippen LogP contribution in [0.2, 0.25) is 0 Å². The molecule has 0 saturated heterocycles. The average molecular weight is 191 g/mol. The Hall–Kier alpha value is -0.930. The van der Waals surface area contributed by atoms with Gasteiger partial charge in [-0.1, -0.05) is 6.07 Å². The SMILES string of the molecule is CN(Cc1ccccn1)C1(CN)CC1. The van der Waals surface area contributed by atoms with Crippen LogP contribution in [0.25, 0.3) is 0 Å². The van der Waals surface area contributed by atoms with Gasteiger partial charge in [0.2, 0.25) is 0 Å². The minimum absolute atomic E-state index is 0.275. The van der Waals surface area contributed by atoms with Crippen LogP contribution in [-0.4, -0.2) is 29.0 Å². The predicted octanol–water partition coefficient (Wildman–Crippen LogP) is 1.00. The second kappa shape index (κ2) is 3.67. The third-order valence-electron chi connectivity index (χ3n) is 3.14. The monoisotopic (exact) mass is 191 g/mol. The summed E-state index contributed by atoms with van der Waals surface area (Å²) in [7, 11) is 2.13. The van der Waals surface area contributed by atoms with Crippen molar-refractivity contribution >= 4 is 0 Å². The first kappa shape index (κ1) is 9.62. The van der Waals surface area contributed by atoms with Crippen molar-refractivity contribution in [2.24, 2.45) is 5.73 Å². The van der Waals surface area contributed by atoms with Crippen LogP contribution in [0.3, 0.4) is 0 Å². The van der Waals surface area contributed by atoms with E-state index in [0.717, 1.165) is 18.8 Å². The molecule has 0 unspecified atom stereocenters. The van der Waals surface area contributed by atoms with Gasteiger partial charge < -0.3 is 5.73 Å². The van der Waals surface area contributed by atoms with Crippen molar-refractivity contribution in [2.75, 3.05) is 13.6 Å². The van der Waals surface area contributed by atoms with E-state index < -0.39 is 0 Å². The smallest absolute Gasteiger partial charge is 0.0544 e. The molecular formula is C11H17N3. The van der Waals surface area contributed by atoms with Crippen LogP contribution >= 0.6 is 0 Å². The number of likely N-dealkylation sites (N-methyl/N-ethyl adjacent to an activating group) is 1.